The minimum absolute atomic E-state index is 0.251. The largest absolute Gasteiger partial charge is 0.473 e. The molecule has 0 N–H and O–H groups in total. The van der Waals surface area contributed by atoms with Crippen molar-refractivity contribution in [3.05, 3.63) is 16.8 Å². The Morgan fingerprint density at radius 3 is 2.19 bits per heavy atom. The standard InChI is InChI=1S/C14H21N3O4/c1-11-12(2)16-17-14(13(11)10-15)21-9-8-20-7-6-19-5-4-18-3/h4-9H2,1-3H3. The second kappa shape index (κ2) is 10.0. The number of aromatic nitrogens is 2. The fourth-order valence-electron chi connectivity index (χ4n) is 1.48. The number of ether oxygens (including phenoxy) is 4. The fraction of sp³-hybridized carbons (Fsp3) is 0.643. The highest BCUT2D eigenvalue weighted by Gasteiger charge is 2.11. The number of nitriles is 1. The van der Waals surface area contributed by atoms with Crippen molar-refractivity contribution >= 4 is 0 Å². The summed E-state index contributed by atoms with van der Waals surface area (Å²) in [7, 11) is 1.63. The maximum Gasteiger partial charge on any atom is 0.251 e. The lowest BCUT2D eigenvalue weighted by Gasteiger charge is -2.09. The molecule has 7 heteroatoms. The molecule has 0 aromatic carbocycles. The van der Waals surface area contributed by atoms with E-state index in [1.54, 1.807) is 14.0 Å². The average Bonchev–Trinajstić information content (AvgIpc) is 2.49. The molecule has 0 aliphatic heterocycles. The number of hydrogen-bond donors (Lipinski definition) is 0. The Bertz CT molecular complexity index is 474. The Labute approximate surface area is 124 Å². The second-order valence-corrected chi connectivity index (χ2v) is 4.27. The third kappa shape index (κ3) is 6.04. The van der Waals surface area contributed by atoms with E-state index in [-0.39, 0.29) is 5.88 Å². The molecule has 1 aromatic heterocycles. The molecular weight excluding hydrogens is 274 g/mol. The van der Waals surface area contributed by atoms with E-state index >= 15 is 0 Å². The molecule has 0 spiro atoms. The van der Waals surface area contributed by atoms with Gasteiger partial charge in [-0.25, -0.2) is 0 Å². The third-order valence-corrected chi connectivity index (χ3v) is 2.80. The first-order chi connectivity index (χ1) is 10.2. The number of methoxy groups -OCH3 is 1. The Kier molecular flexibility index (Phi) is 8.28. The summed E-state index contributed by atoms with van der Waals surface area (Å²) in [5, 5.41) is 16.9. The molecule has 0 fully saturated rings. The van der Waals surface area contributed by atoms with Crippen LogP contribution in [0, 0.1) is 25.2 Å². The highest BCUT2D eigenvalue weighted by Crippen LogP contribution is 2.18. The van der Waals surface area contributed by atoms with Crippen molar-refractivity contribution in [1.82, 2.24) is 10.2 Å². The van der Waals surface area contributed by atoms with E-state index in [0.717, 1.165) is 11.3 Å². The van der Waals surface area contributed by atoms with Crippen LogP contribution in [0.4, 0.5) is 0 Å². The summed E-state index contributed by atoms with van der Waals surface area (Å²) in [6, 6.07) is 2.09. The summed E-state index contributed by atoms with van der Waals surface area (Å²) in [5.41, 5.74) is 1.93. The van der Waals surface area contributed by atoms with Gasteiger partial charge in [-0.2, -0.15) is 10.4 Å². The zero-order chi connectivity index (χ0) is 15.5. The summed E-state index contributed by atoms with van der Waals surface area (Å²) < 4.78 is 20.9. The predicted molar refractivity (Wildman–Crippen MR) is 75.2 cm³/mol. The SMILES string of the molecule is COCCOCCOCCOc1nnc(C)c(C)c1C#N. The number of rotatable bonds is 10. The fourth-order valence-corrected chi connectivity index (χ4v) is 1.48. The van der Waals surface area contributed by atoms with Gasteiger partial charge in [0.15, 0.2) is 0 Å². The molecule has 0 unspecified atom stereocenters. The Balaban J connectivity index is 2.22. The van der Waals surface area contributed by atoms with Crippen molar-refractivity contribution < 1.29 is 18.9 Å². The normalized spacial score (nSPS) is 10.4. The van der Waals surface area contributed by atoms with Crippen LogP contribution in [0.25, 0.3) is 0 Å². The van der Waals surface area contributed by atoms with Gasteiger partial charge in [0.1, 0.15) is 18.2 Å². The average molecular weight is 295 g/mol. The van der Waals surface area contributed by atoms with Crippen LogP contribution in [0.2, 0.25) is 0 Å². The van der Waals surface area contributed by atoms with Crippen molar-refractivity contribution in [1.29, 1.82) is 5.26 Å². The van der Waals surface area contributed by atoms with E-state index in [1.807, 2.05) is 6.92 Å². The predicted octanol–water partition coefficient (Wildman–Crippen LogP) is 1.02. The van der Waals surface area contributed by atoms with Crippen LogP contribution in [0.5, 0.6) is 5.88 Å². The van der Waals surface area contributed by atoms with Crippen LogP contribution < -0.4 is 4.74 Å². The highest BCUT2D eigenvalue weighted by atomic mass is 16.6. The van der Waals surface area contributed by atoms with E-state index in [2.05, 4.69) is 16.3 Å². The number of hydrogen-bond acceptors (Lipinski definition) is 7. The zero-order valence-electron chi connectivity index (χ0n) is 12.7. The lowest BCUT2D eigenvalue weighted by molar-refractivity contribution is 0.0175. The topological polar surface area (TPSA) is 86.5 Å². The molecule has 0 saturated heterocycles. The van der Waals surface area contributed by atoms with Gasteiger partial charge >= 0.3 is 0 Å². The molecule has 0 saturated carbocycles. The van der Waals surface area contributed by atoms with Crippen LogP contribution in [0.3, 0.4) is 0 Å². The van der Waals surface area contributed by atoms with Crippen LogP contribution in [0.15, 0.2) is 0 Å². The van der Waals surface area contributed by atoms with E-state index in [4.69, 9.17) is 24.2 Å². The van der Waals surface area contributed by atoms with Gasteiger partial charge in [-0.15, -0.1) is 5.10 Å². The molecule has 7 nitrogen and oxygen atoms in total. The first-order valence-corrected chi connectivity index (χ1v) is 6.72. The summed E-state index contributed by atoms with van der Waals surface area (Å²) in [6.45, 7) is 6.46. The van der Waals surface area contributed by atoms with Crippen molar-refractivity contribution in [2.24, 2.45) is 0 Å². The Hall–Kier alpha value is -1.75. The lowest BCUT2D eigenvalue weighted by atomic mass is 10.1. The van der Waals surface area contributed by atoms with Crippen LogP contribution >= 0.6 is 0 Å². The molecule has 0 aliphatic rings. The van der Waals surface area contributed by atoms with Gasteiger partial charge in [0, 0.05) is 7.11 Å². The molecule has 21 heavy (non-hydrogen) atoms. The summed E-state index contributed by atoms with van der Waals surface area (Å²) >= 11 is 0. The van der Waals surface area contributed by atoms with Crippen molar-refractivity contribution in [3.63, 3.8) is 0 Å². The molecule has 0 aliphatic carbocycles. The molecule has 0 atom stereocenters. The summed E-state index contributed by atoms with van der Waals surface area (Å²) in [5.74, 6) is 0.251. The smallest absolute Gasteiger partial charge is 0.251 e. The molecule has 116 valence electrons. The molecule has 0 radical (unpaired) electrons. The van der Waals surface area contributed by atoms with Crippen LogP contribution in [0.1, 0.15) is 16.8 Å². The van der Waals surface area contributed by atoms with Gasteiger partial charge in [-0.05, 0) is 19.4 Å². The maximum absolute atomic E-state index is 9.11. The van der Waals surface area contributed by atoms with Gasteiger partial charge in [-0.3, -0.25) is 0 Å². The molecule has 1 heterocycles. The van der Waals surface area contributed by atoms with Crippen molar-refractivity contribution in [3.8, 4) is 11.9 Å². The quantitative estimate of drug-likeness (QED) is 0.596. The van der Waals surface area contributed by atoms with Gasteiger partial charge in [0.05, 0.1) is 38.7 Å². The van der Waals surface area contributed by atoms with Crippen molar-refractivity contribution in [2.45, 2.75) is 13.8 Å². The molecule has 1 rings (SSSR count). The summed E-state index contributed by atoms with van der Waals surface area (Å²) in [4.78, 5) is 0. The van der Waals surface area contributed by atoms with Gasteiger partial charge in [0.25, 0.3) is 5.88 Å². The molecule has 0 bridgehead atoms. The third-order valence-electron chi connectivity index (χ3n) is 2.80. The number of aryl methyl sites for hydroxylation is 1. The van der Waals surface area contributed by atoms with Gasteiger partial charge in [-0.1, -0.05) is 0 Å². The van der Waals surface area contributed by atoms with Gasteiger partial charge in [0.2, 0.25) is 0 Å². The minimum atomic E-state index is 0.251. The molecular formula is C14H21N3O4. The van der Waals surface area contributed by atoms with Crippen LogP contribution in [-0.4, -0.2) is 56.9 Å². The maximum atomic E-state index is 9.11. The van der Waals surface area contributed by atoms with E-state index in [9.17, 15) is 0 Å². The summed E-state index contributed by atoms with van der Waals surface area (Å²) in [6.07, 6.45) is 0. The lowest BCUT2D eigenvalue weighted by Crippen LogP contribution is -2.13. The minimum Gasteiger partial charge on any atom is -0.473 e. The Morgan fingerprint density at radius 2 is 1.57 bits per heavy atom. The highest BCUT2D eigenvalue weighted by molar-refractivity contribution is 5.44. The molecule has 0 amide bonds. The molecule has 1 aromatic rings. The van der Waals surface area contributed by atoms with E-state index < -0.39 is 0 Å². The first-order valence-electron chi connectivity index (χ1n) is 6.72. The second-order valence-electron chi connectivity index (χ2n) is 4.27. The van der Waals surface area contributed by atoms with Crippen LogP contribution in [-0.2, 0) is 14.2 Å². The van der Waals surface area contributed by atoms with Crippen molar-refractivity contribution in [2.75, 3.05) is 46.8 Å². The zero-order valence-corrected chi connectivity index (χ0v) is 12.7. The first kappa shape index (κ1) is 17.3. The number of nitrogens with zero attached hydrogens (tertiary/aromatic N) is 3. The monoisotopic (exact) mass is 295 g/mol. The Morgan fingerprint density at radius 1 is 0.952 bits per heavy atom. The van der Waals surface area contributed by atoms with E-state index in [1.165, 1.54) is 0 Å². The van der Waals surface area contributed by atoms with E-state index in [0.29, 0.717) is 45.2 Å². The van der Waals surface area contributed by atoms with Gasteiger partial charge < -0.3 is 18.9 Å².